The van der Waals surface area contributed by atoms with E-state index in [1.165, 1.54) is 167 Å². The summed E-state index contributed by atoms with van der Waals surface area (Å²) in [6.45, 7) is 6.51. The largest absolute Gasteiger partial charge is 0.462 e. The van der Waals surface area contributed by atoms with Crippen LogP contribution in [-0.4, -0.2) is 37.2 Å². The molecule has 0 aromatic heterocycles. The van der Waals surface area contributed by atoms with Crippen LogP contribution in [0, 0.1) is 0 Å². The van der Waals surface area contributed by atoms with Crippen LogP contribution >= 0.6 is 0 Å². The van der Waals surface area contributed by atoms with E-state index in [1.807, 2.05) is 0 Å². The maximum Gasteiger partial charge on any atom is 0.306 e. The van der Waals surface area contributed by atoms with E-state index in [2.05, 4.69) is 57.2 Å². The third-order valence-corrected chi connectivity index (χ3v) is 12.7. The predicted octanol–water partition coefficient (Wildman–Crippen LogP) is 18.9. The molecule has 0 rings (SSSR count). The van der Waals surface area contributed by atoms with E-state index in [-0.39, 0.29) is 31.1 Å². The molecule has 0 bridgehead atoms. The second-order valence-electron chi connectivity index (χ2n) is 19.2. The van der Waals surface area contributed by atoms with E-state index in [1.54, 1.807) is 0 Å². The molecule has 0 saturated heterocycles. The van der Waals surface area contributed by atoms with Crippen molar-refractivity contribution in [3.05, 3.63) is 36.5 Å². The minimum absolute atomic E-state index is 0.0755. The number of esters is 3. The number of allylic oxidation sites excluding steroid dienone is 6. The van der Waals surface area contributed by atoms with Crippen LogP contribution in [0.5, 0.6) is 0 Å². The summed E-state index contributed by atoms with van der Waals surface area (Å²) in [5.74, 6) is -0.885. The van der Waals surface area contributed by atoms with Gasteiger partial charge in [0.2, 0.25) is 0 Å². The Morgan fingerprint density at radius 3 is 0.938 bits per heavy atom. The van der Waals surface area contributed by atoms with Gasteiger partial charge >= 0.3 is 17.9 Å². The molecule has 0 amide bonds. The average Bonchev–Trinajstić information content (AvgIpc) is 3.30. The van der Waals surface area contributed by atoms with Gasteiger partial charge in [-0.1, -0.05) is 269 Å². The second-order valence-corrected chi connectivity index (χ2v) is 19.2. The highest BCUT2D eigenvalue weighted by Gasteiger charge is 2.19. The van der Waals surface area contributed by atoms with Crippen molar-refractivity contribution in [3.8, 4) is 0 Å². The first-order valence-corrected chi connectivity index (χ1v) is 28.5. The van der Waals surface area contributed by atoms with Crippen molar-refractivity contribution in [2.45, 2.75) is 309 Å². The third-order valence-electron chi connectivity index (χ3n) is 12.7. The summed E-state index contributed by atoms with van der Waals surface area (Å²) in [6, 6.07) is 0. The summed E-state index contributed by atoms with van der Waals surface area (Å²) >= 11 is 0. The second kappa shape index (κ2) is 54.2. The van der Waals surface area contributed by atoms with Gasteiger partial charge in [-0.15, -0.1) is 0 Å². The smallest absolute Gasteiger partial charge is 0.306 e. The highest BCUT2D eigenvalue weighted by Crippen LogP contribution is 2.17. The van der Waals surface area contributed by atoms with Crippen LogP contribution in [0.2, 0.25) is 0 Å². The fourth-order valence-electron chi connectivity index (χ4n) is 8.40. The highest BCUT2D eigenvalue weighted by atomic mass is 16.6. The Labute approximate surface area is 404 Å². The molecular weight excluding hydrogens is 805 g/mol. The molecule has 6 heteroatoms. The maximum absolute atomic E-state index is 12.8. The molecular formula is C59H108O6. The van der Waals surface area contributed by atoms with Crippen LogP contribution in [-0.2, 0) is 28.6 Å². The maximum atomic E-state index is 12.8. The normalized spacial score (nSPS) is 12.2. The fourth-order valence-corrected chi connectivity index (χ4v) is 8.40. The summed E-state index contributed by atoms with van der Waals surface area (Å²) in [5.41, 5.74) is 0. The zero-order valence-electron chi connectivity index (χ0n) is 43.5. The minimum atomic E-state index is -0.775. The van der Waals surface area contributed by atoms with Crippen LogP contribution < -0.4 is 0 Å². The number of carbonyl (C=O) groups is 3. The van der Waals surface area contributed by atoms with Crippen LogP contribution in [0.1, 0.15) is 303 Å². The number of rotatable bonds is 52. The van der Waals surface area contributed by atoms with Gasteiger partial charge in [0.05, 0.1) is 0 Å². The van der Waals surface area contributed by atoms with Crippen LogP contribution in [0.4, 0.5) is 0 Å². The lowest BCUT2D eigenvalue weighted by Crippen LogP contribution is -2.30. The Hall–Kier alpha value is -2.37. The molecule has 0 aromatic rings. The molecule has 0 aromatic carbocycles. The molecule has 0 aliphatic heterocycles. The third kappa shape index (κ3) is 52.5. The van der Waals surface area contributed by atoms with Crippen molar-refractivity contribution in [1.29, 1.82) is 0 Å². The Balaban J connectivity index is 4.09. The van der Waals surface area contributed by atoms with Crippen molar-refractivity contribution >= 4 is 17.9 Å². The lowest BCUT2D eigenvalue weighted by Gasteiger charge is -2.18. The number of hydrogen-bond acceptors (Lipinski definition) is 6. The molecule has 380 valence electrons. The summed E-state index contributed by atoms with van der Waals surface area (Å²) in [7, 11) is 0. The van der Waals surface area contributed by atoms with E-state index in [0.29, 0.717) is 19.3 Å². The predicted molar refractivity (Wildman–Crippen MR) is 279 cm³/mol. The molecule has 0 aliphatic carbocycles. The first-order valence-electron chi connectivity index (χ1n) is 28.5. The summed E-state index contributed by atoms with van der Waals surface area (Å²) < 4.78 is 16.8. The first kappa shape index (κ1) is 62.6. The Kier molecular flexibility index (Phi) is 52.3. The quantitative estimate of drug-likeness (QED) is 0.0262. The Morgan fingerprint density at radius 2 is 0.600 bits per heavy atom. The van der Waals surface area contributed by atoms with Gasteiger partial charge in [0.25, 0.3) is 0 Å². The van der Waals surface area contributed by atoms with Gasteiger partial charge in [0.15, 0.2) is 6.10 Å². The van der Waals surface area contributed by atoms with Crippen molar-refractivity contribution in [1.82, 2.24) is 0 Å². The van der Waals surface area contributed by atoms with Gasteiger partial charge in [0, 0.05) is 19.3 Å². The van der Waals surface area contributed by atoms with E-state index < -0.39 is 6.10 Å². The first-order chi connectivity index (χ1) is 32.0. The van der Waals surface area contributed by atoms with Crippen LogP contribution in [0.3, 0.4) is 0 Å². The van der Waals surface area contributed by atoms with E-state index in [9.17, 15) is 14.4 Å². The van der Waals surface area contributed by atoms with Gasteiger partial charge < -0.3 is 14.2 Å². The van der Waals surface area contributed by atoms with Gasteiger partial charge in [0.1, 0.15) is 13.2 Å². The molecule has 0 saturated carbocycles. The molecule has 6 nitrogen and oxygen atoms in total. The van der Waals surface area contributed by atoms with Crippen molar-refractivity contribution in [2.24, 2.45) is 0 Å². The molecule has 0 aliphatic rings. The topological polar surface area (TPSA) is 78.9 Å². The number of hydrogen-bond donors (Lipinski definition) is 0. The summed E-state index contributed by atoms with van der Waals surface area (Å²) in [5, 5.41) is 0. The molecule has 1 atom stereocenters. The molecule has 1 unspecified atom stereocenters. The standard InChI is InChI=1S/C59H108O6/c1-4-7-10-13-16-18-20-22-24-25-26-27-28-29-30-31-32-33-35-36-38-40-43-46-49-52-58(61)64-55-56(54-63-57(60)51-48-45-42-15-12-9-6-3)65-59(62)53-50-47-44-41-39-37-34-23-21-19-17-14-11-8-5-2/h8,11,17,19,23,34,56H,4-7,9-10,12-16,18,20-22,24-33,35-55H2,1-3H3/b11-8-,19-17-,34-23-. The molecule has 0 spiro atoms. The van der Waals surface area contributed by atoms with Gasteiger partial charge in [-0.3, -0.25) is 14.4 Å². The molecule has 65 heavy (non-hydrogen) atoms. The number of unbranched alkanes of at least 4 members (excludes halogenated alkanes) is 35. The van der Waals surface area contributed by atoms with E-state index in [0.717, 1.165) is 96.3 Å². The van der Waals surface area contributed by atoms with Gasteiger partial charge in [-0.2, -0.15) is 0 Å². The molecule has 0 N–H and O–H groups in total. The molecule has 0 fully saturated rings. The SMILES string of the molecule is CC/C=C\C/C=C\C/C=C\CCCCCCCC(=O)OC(COC(=O)CCCCCCCCC)COC(=O)CCCCCCCCCCCCCCCCCCCCCCCCCCC. The van der Waals surface area contributed by atoms with Gasteiger partial charge in [-0.25, -0.2) is 0 Å². The lowest BCUT2D eigenvalue weighted by molar-refractivity contribution is -0.167. The zero-order valence-corrected chi connectivity index (χ0v) is 43.5. The monoisotopic (exact) mass is 913 g/mol. The highest BCUT2D eigenvalue weighted by molar-refractivity contribution is 5.71. The van der Waals surface area contributed by atoms with Gasteiger partial charge in [-0.05, 0) is 51.4 Å². The van der Waals surface area contributed by atoms with E-state index in [4.69, 9.17) is 14.2 Å². The number of ether oxygens (including phenoxy) is 3. The van der Waals surface area contributed by atoms with Crippen molar-refractivity contribution in [3.63, 3.8) is 0 Å². The molecule has 0 heterocycles. The summed E-state index contributed by atoms with van der Waals surface area (Å²) in [6.07, 6.45) is 64.6. The van der Waals surface area contributed by atoms with Crippen LogP contribution in [0.15, 0.2) is 36.5 Å². The number of carbonyl (C=O) groups excluding carboxylic acids is 3. The Morgan fingerprint density at radius 1 is 0.323 bits per heavy atom. The fraction of sp³-hybridized carbons (Fsp3) is 0.847. The average molecular weight is 914 g/mol. The molecule has 0 radical (unpaired) electrons. The van der Waals surface area contributed by atoms with Crippen LogP contribution in [0.25, 0.3) is 0 Å². The van der Waals surface area contributed by atoms with Crippen molar-refractivity contribution in [2.75, 3.05) is 13.2 Å². The summed E-state index contributed by atoms with van der Waals surface area (Å²) in [4.78, 5) is 37.9. The van der Waals surface area contributed by atoms with Crippen molar-refractivity contribution < 1.29 is 28.6 Å². The zero-order chi connectivity index (χ0) is 47.2. The minimum Gasteiger partial charge on any atom is -0.462 e. The Bertz CT molecular complexity index is 1090. The lowest BCUT2D eigenvalue weighted by atomic mass is 10.0. The van der Waals surface area contributed by atoms with E-state index >= 15 is 0 Å².